The predicted molar refractivity (Wildman–Crippen MR) is 52.0 cm³/mol. The van der Waals surface area contributed by atoms with Gasteiger partial charge in [-0.15, -0.1) is 5.10 Å². The highest BCUT2D eigenvalue weighted by molar-refractivity contribution is 4.93. The maximum Gasteiger partial charge on any atom is 0.348 e. The van der Waals surface area contributed by atoms with Crippen LogP contribution in [0.3, 0.4) is 0 Å². The van der Waals surface area contributed by atoms with E-state index in [1.165, 1.54) is 9.25 Å². The van der Waals surface area contributed by atoms with Crippen molar-refractivity contribution in [3.63, 3.8) is 0 Å². The van der Waals surface area contributed by atoms with Crippen molar-refractivity contribution in [1.29, 1.82) is 0 Å². The lowest BCUT2D eigenvalue weighted by molar-refractivity contribution is 0.180. The van der Waals surface area contributed by atoms with Gasteiger partial charge in [0.05, 0.1) is 0 Å². The molecular weight excluding hydrogens is 184 g/mol. The van der Waals surface area contributed by atoms with E-state index in [-0.39, 0.29) is 11.7 Å². The molecule has 1 aromatic heterocycles. The lowest BCUT2D eigenvalue weighted by Crippen LogP contribution is -2.28. The molecule has 1 heterocycles. The first kappa shape index (κ1) is 10.8. The molecule has 0 aliphatic heterocycles. The summed E-state index contributed by atoms with van der Waals surface area (Å²) in [4.78, 5) is 11.4. The molecule has 2 N–H and O–H groups in total. The third kappa shape index (κ3) is 1.95. The van der Waals surface area contributed by atoms with Crippen molar-refractivity contribution in [2.24, 2.45) is 12.8 Å². The summed E-state index contributed by atoms with van der Waals surface area (Å²) in [6.07, 6.45) is 0.258. The Morgan fingerprint density at radius 1 is 1.57 bits per heavy atom. The predicted octanol–water partition coefficient (Wildman–Crippen LogP) is -0.325. The van der Waals surface area contributed by atoms with Gasteiger partial charge in [0.15, 0.2) is 6.23 Å². The van der Waals surface area contributed by atoms with E-state index in [0.29, 0.717) is 13.0 Å². The average molecular weight is 200 g/mol. The second-order valence-electron chi connectivity index (χ2n) is 3.00. The number of hydrogen-bond donors (Lipinski definition) is 1. The van der Waals surface area contributed by atoms with Crippen LogP contribution in [0.25, 0.3) is 0 Å². The monoisotopic (exact) mass is 200 g/mol. The highest BCUT2D eigenvalue weighted by Gasteiger charge is 2.12. The number of hydrogen-bond acceptors (Lipinski definition) is 4. The number of nitrogens with zero attached hydrogens (tertiary/aromatic N) is 3. The van der Waals surface area contributed by atoms with Crippen molar-refractivity contribution < 1.29 is 4.74 Å². The van der Waals surface area contributed by atoms with Crippen LogP contribution in [-0.4, -0.2) is 20.6 Å². The molecule has 0 aliphatic carbocycles. The molecule has 1 rings (SSSR count). The van der Waals surface area contributed by atoms with Gasteiger partial charge in [0, 0.05) is 13.6 Å². The molecule has 0 amide bonds. The lowest BCUT2D eigenvalue weighted by Gasteiger charge is -2.09. The van der Waals surface area contributed by atoms with E-state index in [0.717, 1.165) is 0 Å². The maximum absolute atomic E-state index is 11.4. The summed E-state index contributed by atoms with van der Waals surface area (Å²) < 4.78 is 7.94. The maximum atomic E-state index is 11.4. The Hall–Kier alpha value is -1.30. The van der Waals surface area contributed by atoms with Crippen molar-refractivity contribution in [3.05, 3.63) is 10.5 Å². The van der Waals surface area contributed by atoms with Gasteiger partial charge in [-0.2, -0.15) is 0 Å². The lowest BCUT2D eigenvalue weighted by atomic mass is 10.4. The van der Waals surface area contributed by atoms with Gasteiger partial charge in [0.25, 0.3) is 0 Å². The molecule has 0 saturated heterocycles. The molecular formula is C8H16N4O2. The summed E-state index contributed by atoms with van der Waals surface area (Å²) in [5.74, 6) is 0. The quantitative estimate of drug-likeness (QED) is 0.676. The van der Waals surface area contributed by atoms with E-state index in [2.05, 4.69) is 5.10 Å². The minimum absolute atomic E-state index is 0.189. The summed E-state index contributed by atoms with van der Waals surface area (Å²) in [6, 6.07) is 0.270. The third-order valence-corrected chi connectivity index (χ3v) is 1.96. The van der Waals surface area contributed by atoms with E-state index in [1.54, 1.807) is 7.05 Å². The molecule has 0 spiro atoms. The van der Waals surface area contributed by atoms with E-state index in [9.17, 15) is 4.79 Å². The van der Waals surface area contributed by atoms with Crippen molar-refractivity contribution in [3.8, 4) is 6.01 Å². The highest BCUT2D eigenvalue weighted by Crippen LogP contribution is 2.03. The normalized spacial score (nSPS) is 12.9. The van der Waals surface area contributed by atoms with E-state index in [4.69, 9.17) is 10.5 Å². The zero-order valence-electron chi connectivity index (χ0n) is 8.73. The van der Waals surface area contributed by atoms with E-state index in [1.807, 2.05) is 13.8 Å². The van der Waals surface area contributed by atoms with Gasteiger partial charge in [-0.1, -0.05) is 6.92 Å². The first-order chi connectivity index (χ1) is 6.60. The minimum Gasteiger partial charge on any atom is -0.445 e. The van der Waals surface area contributed by atoms with E-state index >= 15 is 0 Å². The van der Waals surface area contributed by atoms with Crippen LogP contribution in [0.4, 0.5) is 0 Å². The second-order valence-corrected chi connectivity index (χ2v) is 3.00. The van der Waals surface area contributed by atoms with Gasteiger partial charge >= 0.3 is 11.7 Å². The second kappa shape index (κ2) is 4.28. The Morgan fingerprint density at radius 3 is 2.64 bits per heavy atom. The number of nitrogens with two attached hydrogens (primary N) is 1. The molecule has 0 fully saturated rings. The molecule has 0 bridgehead atoms. The fraction of sp³-hybridized carbons (Fsp3) is 0.750. The number of aryl methyl sites for hydroxylation is 1. The van der Waals surface area contributed by atoms with Gasteiger partial charge < -0.3 is 4.74 Å². The summed E-state index contributed by atoms with van der Waals surface area (Å²) in [5, 5.41) is 3.98. The topological polar surface area (TPSA) is 75.1 Å². The Morgan fingerprint density at radius 2 is 2.21 bits per heavy atom. The Bertz CT molecular complexity index is 355. The Labute approximate surface area is 82.3 Å². The van der Waals surface area contributed by atoms with Gasteiger partial charge in [0.2, 0.25) is 0 Å². The van der Waals surface area contributed by atoms with Crippen molar-refractivity contribution in [2.75, 3.05) is 0 Å². The van der Waals surface area contributed by atoms with Crippen molar-refractivity contribution in [1.82, 2.24) is 14.3 Å². The molecule has 0 saturated carbocycles. The van der Waals surface area contributed by atoms with Crippen molar-refractivity contribution >= 4 is 0 Å². The van der Waals surface area contributed by atoms with Crippen LogP contribution in [0.5, 0.6) is 6.01 Å². The summed E-state index contributed by atoms with van der Waals surface area (Å²) in [6.45, 7) is 4.27. The molecule has 6 heteroatoms. The zero-order valence-corrected chi connectivity index (χ0v) is 8.73. The van der Waals surface area contributed by atoms with Crippen LogP contribution in [0.15, 0.2) is 4.79 Å². The molecule has 0 radical (unpaired) electrons. The van der Waals surface area contributed by atoms with Gasteiger partial charge in [-0.25, -0.2) is 14.0 Å². The first-order valence-electron chi connectivity index (χ1n) is 4.66. The largest absolute Gasteiger partial charge is 0.445 e. The molecule has 80 valence electrons. The highest BCUT2D eigenvalue weighted by atomic mass is 16.5. The van der Waals surface area contributed by atoms with Gasteiger partial charge in [0.1, 0.15) is 0 Å². The molecule has 1 aromatic rings. The summed E-state index contributed by atoms with van der Waals surface area (Å²) in [5.41, 5.74) is 5.40. The van der Waals surface area contributed by atoms with Gasteiger partial charge in [-0.3, -0.25) is 5.73 Å². The van der Waals surface area contributed by atoms with Gasteiger partial charge in [-0.05, 0) is 13.3 Å². The fourth-order valence-electron chi connectivity index (χ4n) is 0.995. The van der Waals surface area contributed by atoms with Crippen LogP contribution in [0.2, 0.25) is 0 Å². The molecule has 1 unspecified atom stereocenters. The smallest absolute Gasteiger partial charge is 0.348 e. The first-order valence-corrected chi connectivity index (χ1v) is 4.66. The van der Waals surface area contributed by atoms with Crippen LogP contribution < -0.4 is 16.2 Å². The molecule has 6 nitrogen and oxygen atoms in total. The molecule has 0 aliphatic rings. The van der Waals surface area contributed by atoms with E-state index < -0.39 is 6.23 Å². The molecule has 1 atom stereocenters. The van der Waals surface area contributed by atoms with Crippen LogP contribution in [0.1, 0.15) is 20.3 Å². The standard InChI is InChI=1S/C8H16N4O2/c1-4-6(9)14-7-10-12(5-2)8(13)11(7)3/h6H,4-5,9H2,1-3H3. The van der Waals surface area contributed by atoms with Crippen molar-refractivity contribution in [2.45, 2.75) is 33.0 Å². The average Bonchev–Trinajstić information content (AvgIpc) is 2.45. The Kier molecular flexibility index (Phi) is 3.29. The molecule has 14 heavy (non-hydrogen) atoms. The summed E-state index contributed by atoms with van der Waals surface area (Å²) in [7, 11) is 1.61. The number of aromatic nitrogens is 3. The van der Waals surface area contributed by atoms with Crippen LogP contribution in [0, 0.1) is 0 Å². The fourth-order valence-corrected chi connectivity index (χ4v) is 0.995. The zero-order chi connectivity index (χ0) is 10.7. The Balaban J connectivity index is 2.93. The summed E-state index contributed by atoms with van der Waals surface area (Å²) >= 11 is 0. The number of rotatable bonds is 4. The van der Waals surface area contributed by atoms with Crippen LogP contribution in [-0.2, 0) is 13.6 Å². The minimum atomic E-state index is -0.416. The molecule has 0 aromatic carbocycles. The third-order valence-electron chi connectivity index (χ3n) is 1.96. The number of ether oxygens (including phenoxy) is 1. The SMILES string of the molecule is CCC(N)Oc1nn(CC)c(=O)n1C. The van der Waals surface area contributed by atoms with Crippen LogP contribution >= 0.6 is 0 Å².